The van der Waals surface area contributed by atoms with Crippen molar-refractivity contribution in [3.63, 3.8) is 0 Å². The molecule has 20 heavy (non-hydrogen) atoms. The first kappa shape index (κ1) is 14.6. The van der Waals surface area contributed by atoms with Crippen molar-refractivity contribution in [3.8, 4) is 0 Å². The number of amides is 4. The Hall–Kier alpha value is -1.85. The summed E-state index contributed by atoms with van der Waals surface area (Å²) < 4.78 is 0. The van der Waals surface area contributed by atoms with Gasteiger partial charge >= 0.3 is 6.03 Å². The van der Waals surface area contributed by atoms with Gasteiger partial charge in [-0.1, -0.05) is 29.3 Å². The summed E-state index contributed by atoms with van der Waals surface area (Å²) in [5, 5.41) is 0.591. The van der Waals surface area contributed by atoms with Crippen molar-refractivity contribution in [2.24, 2.45) is 0 Å². The van der Waals surface area contributed by atoms with Gasteiger partial charge in [0.15, 0.2) is 0 Å². The second kappa shape index (κ2) is 5.64. The number of carbonyl (C=O) groups excluding carboxylic acids is 3. The fourth-order valence-electron chi connectivity index (χ4n) is 1.85. The number of urea groups is 1. The molecule has 0 unspecified atom stereocenters. The molecule has 7 heteroatoms. The quantitative estimate of drug-likeness (QED) is 0.637. The molecule has 2 rings (SSSR count). The number of hydrogen-bond acceptors (Lipinski definition) is 3. The Morgan fingerprint density at radius 1 is 1.25 bits per heavy atom. The van der Waals surface area contributed by atoms with Gasteiger partial charge in [-0.05, 0) is 18.2 Å². The average molecular weight is 313 g/mol. The standard InChI is InChI=1S/C13H10Cl2N2O3/c1-2-3-11(18)16-7-12(19)17(13(16)20)10-5-8(14)4-9(15)6-10/h2,4-6H,1,3,7H2. The van der Waals surface area contributed by atoms with Crippen molar-refractivity contribution in [2.45, 2.75) is 6.42 Å². The van der Waals surface area contributed by atoms with Crippen LogP contribution in [0.4, 0.5) is 10.5 Å². The maximum absolute atomic E-state index is 12.1. The van der Waals surface area contributed by atoms with Crippen LogP contribution in [0.2, 0.25) is 10.0 Å². The first-order chi connectivity index (χ1) is 9.43. The van der Waals surface area contributed by atoms with Crippen molar-refractivity contribution < 1.29 is 14.4 Å². The first-order valence-electron chi connectivity index (χ1n) is 5.68. The number of hydrogen-bond donors (Lipinski definition) is 0. The third-order valence-corrected chi connectivity index (χ3v) is 3.13. The highest BCUT2D eigenvalue weighted by Gasteiger charge is 2.40. The van der Waals surface area contributed by atoms with Crippen LogP contribution < -0.4 is 4.90 Å². The summed E-state index contributed by atoms with van der Waals surface area (Å²) in [6, 6.07) is 3.65. The number of anilines is 1. The summed E-state index contributed by atoms with van der Waals surface area (Å²) >= 11 is 11.7. The van der Waals surface area contributed by atoms with E-state index in [4.69, 9.17) is 23.2 Å². The van der Waals surface area contributed by atoms with Crippen LogP contribution in [-0.2, 0) is 9.59 Å². The van der Waals surface area contributed by atoms with Gasteiger partial charge in [-0.25, -0.2) is 9.69 Å². The molecule has 5 nitrogen and oxygen atoms in total. The van der Waals surface area contributed by atoms with Crippen molar-refractivity contribution in [1.29, 1.82) is 0 Å². The molecule has 1 aromatic rings. The molecule has 0 radical (unpaired) electrons. The van der Waals surface area contributed by atoms with Crippen LogP contribution in [0.5, 0.6) is 0 Å². The normalized spacial score (nSPS) is 14.9. The number of rotatable bonds is 3. The predicted octanol–water partition coefficient (Wildman–Crippen LogP) is 2.86. The summed E-state index contributed by atoms with van der Waals surface area (Å²) in [7, 11) is 0. The topological polar surface area (TPSA) is 57.7 Å². The van der Waals surface area contributed by atoms with Crippen molar-refractivity contribution in [3.05, 3.63) is 40.9 Å². The van der Waals surface area contributed by atoms with Gasteiger partial charge in [-0.3, -0.25) is 14.5 Å². The number of carbonyl (C=O) groups is 3. The zero-order valence-corrected chi connectivity index (χ0v) is 11.8. The fraction of sp³-hybridized carbons (Fsp3) is 0.154. The Morgan fingerprint density at radius 3 is 2.40 bits per heavy atom. The average Bonchev–Trinajstić information content (AvgIpc) is 2.64. The molecule has 0 bridgehead atoms. The van der Waals surface area contributed by atoms with Crippen LogP contribution in [0, 0.1) is 0 Å². The third kappa shape index (κ3) is 2.69. The van der Waals surface area contributed by atoms with Crippen molar-refractivity contribution in [1.82, 2.24) is 4.90 Å². The van der Waals surface area contributed by atoms with E-state index in [-0.39, 0.29) is 18.7 Å². The molecular formula is C13H10Cl2N2O3. The molecule has 0 aromatic heterocycles. The van der Waals surface area contributed by atoms with Gasteiger partial charge in [0, 0.05) is 16.5 Å². The lowest BCUT2D eigenvalue weighted by atomic mass is 10.3. The third-order valence-electron chi connectivity index (χ3n) is 2.69. The van der Waals surface area contributed by atoms with E-state index in [1.165, 1.54) is 24.3 Å². The molecule has 4 amide bonds. The van der Waals surface area contributed by atoms with Gasteiger partial charge in [0.05, 0.1) is 5.69 Å². The van der Waals surface area contributed by atoms with Crippen LogP contribution in [-0.4, -0.2) is 29.3 Å². The Bertz CT molecular complexity index is 595. The van der Waals surface area contributed by atoms with Gasteiger partial charge < -0.3 is 0 Å². The summed E-state index contributed by atoms with van der Waals surface area (Å²) in [5.74, 6) is -0.986. The second-order valence-corrected chi connectivity index (χ2v) is 4.98. The van der Waals surface area contributed by atoms with E-state index in [2.05, 4.69) is 6.58 Å². The fourth-order valence-corrected chi connectivity index (χ4v) is 2.37. The van der Waals surface area contributed by atoms with E-state index in [0.29, 0.717) is 10.0 Å². The van der Waals surface area contributed by atoms with E-state index in [1.54, 1.807) is 0 Å². The molecule has 0 N–H and O–H groups in total. The van der Waals surface area contributed by atoms with Gasteiger partial charge in [0.1, 0.15) is 6.54 Å². The molecule has 1 heterocycles. The van der Waals surface area contributed by atoms with Crippen molar-refractivity contribution >= 4 is 46.7 Å². The van der Waals surface area contributed by atoms with Gasteiger partial charge in [0.2, 0.25) is 5.91 Å². The molecule has 1 aliphatic heterocycles. The largest absolute Gasteiger partial charge is 0.338 e. The molecule has 0 spiro atoms. The van der Waals surface area contributed by atoms with E-state index in [0.717, 1.165) is 9.80 Å². The molecular weight excluding hydrogens is 303 g/mol. The summed E-state index contributed by atoms with van der Waals surface area (Å²) in [6.45, 7) is 3.13. The summed E-state index contributed by atoms with van der Waals surface area (Å²) in [6.07, 6.45) is 1.36. The van der Waals surface area contributed by atoms with E-state index in [9.17, 15) is 14.4 Å². The number of imide groups is 2. The highest BCUT2D eigenvalue weighted by Crippen LogP contribution is 2.28. The molecule has 0 saturated carbocycles. The number of halogens is 2. The van der Waals surface area contributed by atoms with Crippen molar-refractivity contribution in [2.75, 3.05) is 11.4 Å². The highest BCUT2D eigenvalue weighted by atomic mass is 35.5. The SMILES string of the molecule is C=CCC(=O)N1CC(=O)N(c2cc(Cl)cc(Cl)c2)C1=O. The summed E-state index contributed by atoms with van der Waals surface area (Å²) in [4.78, 5) is 37.5. The molecule has 0 aliphatic carbocycles. The molecule has 104 valence electrons. The van der Waals surface area contributed by atoms with Crippen LogP contribution in [0.1, 0.15) is 6.42 Å². The smallest absolute Gasteiger partial charge is 0.274 e. The van der Waals surface area contributed by atoms with Gasteiger partial charge in [-0.15, -0.1) is 6.58 Å². The molecule has 1 aliphatic rings. The monoisotopic (exact) mass is 312 g/mol. The molecule has 1 saturated heterocycles. The Kier molecular flexibility index (Phi) is 4.11. The first-order valence-corrected chi connectivity index (χ1v) is 6.44. The molecule has 0 atom stereocenters. The Morgan fingerprint density at radius 2 is 1.85 bits per heavy atom. The lowest BCUT2D eigenvalue weighted by Crippen LogP contribution is -2.36. The van der Waals surface area contributed by atoms with E-state index < -0.39 is 17.8 Å². The van der Waals surface area contributed by atoms with E-state index >= 15 is 0 Å². The second-order valence-electron chi connectivity index (χ2n) is 4.11. The number of benzene rings is 1. The minimum Gasteiger partial charge on any atom is -0.274 e. The Balaban J connectivity index is 2.33. The molecule has 1 fully saturated rings. The molecule has 1 aromatic carbocycles. The van der Waals surface area contributed by atoms with Crippen LogP contribution in [0.25, 0.3) is 0 Å². The van der Waals surface area contributed by atoms with Crippen LogP contribution >= 0.6 is 23.2 Å². The van der Waals surface area contributed by atoms with Crippen LogP contribution in [0.3, 0.4) is 0 Å². The minimum atomic E-state index is -0.708. The lowest BCUT2D eigenvalue weighted by Gasteiger charge is -2.16. The van der Waals surface area contributed by atoms with E-state index in [1.807, 2.05) is 0 Å². The maximum Gasteiger partial charge on any atom is 0.338 e. The van der Waals surface area contributed by atoms with Gasteiger partial charge in [0.25, 0.3) is 5.91 Å². The predicted molar refractivity (Wildman–Crippen MR) is 75.9 cm³/mol. The maximum atomic E-state index is 12.1. The summed E-state index contributed by atoms with van der Waals surface area (Å²) in [5.41, 5.74) is 0.242. The zero-order valence-electron chi connectivity index (χ0n) is 10.3. The number of nitrogens with zero attached hydrogens (tertiary/aromatic N) is 2. The van der Waals surface area contributed by atoms with Gasteiger partial charge in [-0.2, -0.15) is 0 Å². The minimum absolute atomic E-state index is 0.0108. The lowest BCUT2D eigenvalue weighted by molar-refractivity contribution is -0.129. The Labute approximate surface area is 125 Å². The zero-order chi connectivity index (χ0) is 14.9. The highest BCUT2D eigenvalue weighted by molar-refractivity contribution is 6.35. The van der Waals surface area contributed by atoms with Crippen LogP contribution in [0.15, 0.2) is 30.9 Å².